The molecule has 0 radical (unpaired) electrons. The molecule has 2 atom stereocenters. The predicted molar refractivity (Wildman–Crippen MR) is 54.2 cm³/mol. The van der Waals surface area contributed by atoms with E-state index in [0.717, 1.165) is 0 Å². The van der Waals surface area contributed by atoms with Gasteiger partial charge in [-0.25, -0.2) is 4.79 Å². The van der Waals surface area contributed by atoms with Crippen LogP contribution in [0.5, 0.6) is 5.75 Å². The minimum absolute atomic E-state index is 0.0536. The number of carbonyl (C=O) groups is 1. The fourth-order valence-corrected chi connectivity index (χ4v) is 1.56. The van der Waals surface area contributed by atoms with E-state index < -0.39 is 18.4 Å². The van der Waals surface area contributed by atoms with E-state index in [1.165, 1.54) is 0 Å². The summed E-state index contributed by atoms with van der Waals surface area (Å²) in [6.45, 7) is 0.0536. The van der Waals surface area contributed by atoms with Crippen molar-refractivity contribution < 1.29 is 24.1 Å². The first kappa shape index (κ1) is 10.9. The Morgan fingerprint density at radius 3 is 2.88 bits per heavy atom. The zero-order valence-electron chi connectivity index (χ0n) is 8.75. The Hall–Kier alpha value is -1.59. The summed E-state index contributed by atoms with van der Waals surface area (Å²) in [5.41, 5.74) is 0.703. The third kappa shape index (κ3) is 2.00. The topological polar surface area (TPSA) is 65.0 Å². The van der Waals surface area contributed by atoms with Gasteiger partial charge in [-0.1, -0.05) is 18.2 Å². The fraction of sp³-hybridized carbons (Fsp3) is 0.364. The Morgan fingerprint density at radius 2 is 2.25 bits per heavy atom. The summed E-state index contributed by atoms with van der Waals surface area (Å²) in [6, 6.07) is 7.20. The summed E-state index contributed by atoms with van der Waals surface area (Å²) in [5.74, 6) is -0.393. The van der Waals surface area contributed by atoms with Gasteiger partial charge in [-0.15, -0.1) is 0 Å². The number of methoxy groups -OCH3 is 1. The van der Waals surface area contributed by atoms with Crippen molar-refractivity contribution in [3.63, 3.8) is 0 Å². The standard InChI is InChI=1S/C11H12O5/c1-14-8-5-3-2-4-7(8)11-15-6-9(16-11)10(12)13/h2-5,9,11H,6H2,1H3,(H,12,13). The lowest BCUT2D eigenvalue weighted by Gasteiger charge is -2.13. The van der Waals surface area contributed by atoms with Gasteiger partial charge in [0.25, 0.3) is 0 Å². The van der Waals surface area contributed by atoms with Crippen molar-refractivity contribution in [1.29, 1.82) is 0 Å². The summed E-state index contributed by atoms with van der Waals surface area (Å²) in [4.78, 5) is 10.7. The highest BCUT2D eigenvalue weighted by Gasteiger charge is 2.33. The van der Waals surface area contributed by atoms with Crippen LogP contribution in [0, 0.1) is 0 Å². The van der Waals surface area contributed by atoms with E-state index in [0.29, 0.717) is 11.3 Å². The summed E-state index contributed by atoms with van der Waals surface area (Å²) in [5, 5.41) is 8.77. The van der Waals surface area contributed by atoms with Gasteiger partial charge in [0.1, 0.15) is 5.75 Å². The Kier molecular flexibility index (Phi) is 3.07. The van der Waals surface area contributed by atoms with E-state index in [1.54, 1.807) is 19.2 Å². The molecule has 5 heteroatoms. The van der Waals surface area contributed by atoms with Crippen molar-refractivity contribution in [1.82, 2.24) is 0 Å². The lowest BCUT2D eigenvalue weighted by molar-refractivity contribution is -0.150. The second kappa shape index (κ2) is 4.51. The van der Waals surface area contributed by atoms with Crippen molar-refractivity contribution >= 4 is 5.97 Å². The zero-order chi connectivity index (χ0) is 11.5. The molecule has 0 amide bonds. The molecule has 1 aromatic rings. The molecule has 1 saturated heterocycles. The maximum atomic E-state index is 10.7. The second-order valence-corrected chi connectivity index (χ2v) is 3.37. The van der Waals surface area contributed by atoms with E-state index in [1.807, 2.05) is 12.1 Å². The van der Waals surface area contributed by atoms with E-state index in [9.17, 15) is 4.79 Å². The van der Waals surface area contributed by atoms with Gasteiger partial charge in [0, 0.05) is 5.56 Å². The van der Waals surface area contributed by atoms with Crippen molar-refractivity contribution in [2.45, 2.75) is 12.4 Å². The van der Waals surface area contributed by atoms with Crippen LogP contribution < -0.4 is 4.74 Å². The smallest absolute Gasteiger partial charge is 0.335 e. The van der Waals surface area contributed by atoms with Crippen molar-refractivity contribution in [3.8, 4) is 5.75 Å². The molecule has 5 nitrogen and oxygen atoms in total. The highest BCUT2D eigenvalue weighted by molar-refractivity contribution is 5.72. The van der Waals surface area contributed by atoms with Gasteiger partial charge in [0.05, 0.1) is 13.7 Å². The van der Waals surface area contributed by atoms with E-state index >= 15 is 0 Å². The summed E-state index contributed by atoms with van der Waals surface area (Å²) < 4.78 is 15.7. The lowest BCUT2D eigenvalue weighted by Crippen LogP contribution is -2.21. The quantitative estimate of drug-likeness (QED) is 0.835. The number of carboxylic acids is 1. The third-order valence-corrected chi connectivity index (χ3v) is 2.36. The molecule has 1 aromatic carbocycles. The van der Waals surface area contributed by atoms with Crippen LogP contribution in [-0.4, -0.2) is 30.9 Å². The highest BCUT2D eigenvalue weighted by atomic mass is 16.7. The first-order valence-electron chi connectivity index (χ1n) is 4.85. The van der Waals surface area contributed by atoms with Gasteiger partial charge in [0.2, 0.25) is 0 Å². The van der Waals surface area contributed by atoms with E-state index in [2.05, 4.69) is 0 Å². The predicted octanol–water partition coefficient (Wildman–Crippen LogP) is 1.19. The molecule has 1 heterocycles. The first-order chi connectivity index (χ1) is 7.72. The SMILES string of the molecule is COc1ccccc1C1OCC(C(=O)O)O1. The van der Waals surface area contributed by atoms with Gasteiger partial charge < -0.3 is 19.3 Å². The largest absolute Gasteiger partial charge is 0.496 e. The number of rotatable bonds is 3. The van der Waals surface area contributed by atoms with E-state index in [4.69, 9.17) is 19.3 Å². The fourth-order valence-electron chi connectivity index (χ4n) is 1.56. The number of benzene rings is 1. The molecule has 1 N–H and O–H groups in total. The zero-order valence-corrected chi connectivity index (χ0v) is 8.75. The molecule has 2 rings (SSSR count). The highest BCUT2D eigenvalue weighted by Crippen LogP contribution is 2.32. The van der Waals surface area contributed by atoms with Gasteiger partial charge in [0.15, 0.2) is 12.4 Å². The minimum atomic E-state index is -1.02. The number of para-hydroxylation sites is 1. The lowest BCUT2D eigenvalue weighted by atomic mass is 10.2. The van der Waals surface area contributed by atoms with Crippen LogP contribution >= 0.6 is 0 Å². The van der Waals surface area contributed by atoms with Crippen LogP contribution in [0.1, 0.15) is 11.9 Å². The molecule has 0 bridgehead atoms. The van der Waals surface area contributed by atoms with Crippen LogP contribution in [0.2, 0.25) is 0 Å². The Bertz CT molecular complexity index is 390. The van der Waals surface area contributed by atoms with Crippen LogP contribution in [0.15, 0.2) is 24.3 Å². The first-order valence-corrected chi connectivity index (χ1v) is 4.85. The van der Waals surface area contributed by atoms with Crippen molar-refractivity contribution in [2.75, 3.05) is 13.7 Å². The summed E-state index contributed by atoms with van der Waals surface area (Å²) in [6.07, 6.45) is -1.58. The van der Waals surface area contributed by atoms with Crippen LogP contribution in [-0.2, 0) is 14.3 Å². The summed E-state index contributed by atoms with van der Waals surface area (Å²) >= 11 is 0. The number of aliphatic carboxylic acids is 1. The molecule has 1 aliphatic rings. The number of ether oxygens (including phenoxy) is 3. The molecular formula is C11H12O5. The maximum Gasteiger partial charge on any atom is 0.335 e. The van der Waals surface area contributed by atoms with Crippen molar-refractivity contribution in [2.24, 2.45) is 0 Å². The van der Waals surface area contributed by atoms with Crippen LogP contribution in [0.25, 0.3) is 0 Å². The Morgan fingerprint density at radius 1 is 1.50 bits per heavy atom. The van der Waals surface area contributed by atoms with Crippen molar-refractivity contribution in [3.05, 3.63) is 29.8 Å². The summed E-state index contributed by atoms with van der Waals surface area (Å²) in [7, 11) is 1.54. The van der Waals surface area contributed by atoms with E-state index in [-0.39, 0.29) is 6.61 Å². The molecular weight excluding hydrogens is 212 g/mol. The molecule has 16 heavy (non-hydrogen) atoms. The molecule has 0 spiro atoms. The molecule has 0 aromatic heterocycles. The van der Waals surface area contributed by atoms with Gasteiger partial charge in [-0.05, 0) is 6.07 Å². The molecule has 1 aliphatic heterocycles. The normalized spacial score (nSPS) is 24.3. The second-order valence-electron chi connectivity index (χ2n) is 3.37. The van der Waals surface area contributed by atoms with Gasteiger partial charge in [-0.2, -0.15) is 0 Å². The molecule has 2 unspecified atom stereocenters. The van der Waals surface area contributed by atoms with Crippen LogP contribution in [0.3, 0.4) is 0 Å². The maximum absolute atomic E-state index is 10.7. The number of hydrogen-bond acceptors (Lipinski definition) is 4. The van der Waals surface area contributed by atoms with Crippen LogP contribution in [0.4, 0.5) is 0 Å². The minimum Gasteiger partial charge on any atom is -0.496 e. The Balaban J connectivity index is 2.17. The molecule has 0 aliphatic carbocycles. The monoisotopic (exact) mass is 224 g/mol. The van der Waals surface area contributed by atoms with Gasteiger partial charge >= 0.3 is 5.97 Å². The molecule has 0 saturated carbocycles. The van der Waals surface area contributed by atoms with Gasteiger partial charge in [-0.3, -0.25) is 0 Å². The average Bonchev–Trinajstić information content (AvgIpc) is 2.78. The molecule has 86 valence electrons. The number of carboxylic acid groups (broad SMARTS) is 1. The number of hydrogen-bond donors (Lipinski definition) is 1. The molecule has 1 fully saturated rings. The Labute approximate surface area is 92.5 Å². The average molecular weight is 224 g/mol. The third-order valence-electron chi connectivity index (χ3n) is 2.36.